The summed E-state index contributed by atoms with van der Waals surface area (Å²) in [5, 5.41) is 13.8. The molecule has 2 heterocycles. The number of benzene rings is 2. The van der Waals surface area contributed by atoms with Crippen molar-refractivity contribution in [3.05, 3.63) is 60.2 Å². The predicted octanol–water partition coefficient (Wildman–Crippen LogP) is 2.38. The third-order valence-corrected chi connectivity index (χ3v) is 7.91. The fourth-order valence-electron chi connectivity index (χ4n) is 4.14. The topological polar surface area (TPSA) is 140 Å². The van der Waals surface area contributed by atoms with Gasteiger partial charge in [-0.25, -0.2) is 13.2 Å². The standard InChI is InChI=1S/C27H37N3O7S/c1-18(2)15-30(38(33,34)21-10-8-20(28)9-11-21)16-24(31)23(14-19-6-4-3-5-7-19)29-27(32)37-25-17-36-26-22(25)12-13-35-26/h3-11,18,22-26,31H,12-17,28H2,1-2H3,(H,29,32)/t22-,23-,24+,25-,26+/m0/s1/i13D2,17D2,25D,26D. The van der Waals surface area contributed by atoms with E-state index in [-0.39, 0.29) is 23.8 Å². The number of aliphatic hydroxyl groups is 1. The minimum Gasteiger partial charge on any atom is -0.443 e. The molecule has 4 rings (SSSR count). The maximum Gasteiger partial charge on any atom is 0.407 e. The molecule has 0 unspecified atom stereocenters. The van der Waals surface area contributed by atoms with Crippen LogP contribution in [0.1, 0.15) is 34.1 Å². The molecular formula is C27H37N3O7S. The summed E-state index contributed by atoms with van der Waals surface area (Å²) in [4.78, 5) is 13.2. The molecular weight excluding hydrogens is 510 g/mol. The number of hydrogen-bond acceptors (Lipinski definition) is 8. The number of nitrogens with one attached hydrogen (secondary N) is 1. The maximum atomic E-state index is 13.6. The lowest BCUT2D eigenvalue weighted by atomic mass is 10.0. The highest BCUT2D eigenvalue weighted by Crippen LogP contribution is 2.33. The number of alkyl carbamates (subject to hydrolysis) is 1. The van der Waals surface area contributed by atoms with Gasteiger partial charge < -0.3 is 30.4 Å². The van der Waals surface area contributed by atoms with Crippen LogP contribution in [-0.2, 0) is 30.7 Å². The van der Waals surface area contributed by atoms with E-state index in [2.05, 4.69) is 5.32 Å². The van der Waals surface area contributed by atoms with E-state index in [0.717, 1.165) is 4.31 Å². The number of sulfonamides is 1. The van der Waals surface area contributed by atoms with E-state index in [1.165, 1.54) is 24.3 Å². The number of anilines is 1. The molecule has 38 heavy (non-hydrogen) atoms. The Balaban J connectivity index is 1.59. The number of aliphatic hydroxyl groups excluding tert-OH is 1. The van der Waals surface area contributed by atoms with Crippen molar-refractivity contribution in [1.82, 2.24) is 9.62 Å². The largest absolute Gasteiger partial charge is 0.443 e. The maximum absolute atomic E-state index is 13.6. The zero-order valence-corrected chi connectivity index (χ0v) is 22.0. The second kappa shape index (κ2) is 12.4. The van der Waals surface area contributed by atoms with E-state index in [4.69, 9.17) is 28.2 Å². The molecule has 5 atom stereocenters. The summed E-state index contributed by atoms with van der Waals surface area (Å²) in [6.45, 7) is -2.28. The van der Waals surface area contributed by atoms with Gasteiger partial charge in [0.1, 0.15) is 6.08 Å². The van der Waals surface area contributed by atoms with Crippen molar-refractivity contribution < 1.29 is 40.8 Å². The molecule has 0 bridgehead atoms. The summed E-state index contributed by atoms with van der Waals surface area (Å²) in [6, 6.07) is 13.1. The zero-order chi connectivity index (χ0) is 32.7. The summed E-state index contributed by atoms with van der Waals surface area (Å²) in [7, 11) is -4.11. The van der Waals surface area contributed by atoms with E-state index in [0.29, 0.717) is 11.3 Å². The first-order chi connectivity index (χ1) is 20.3. The van der Waals surface area contributed by atoms with Crippen molar-refractivity contribution in [3.8, 4) is 0 Å². The normalized spacial score (nSPS) is 31.7. The van der Waals surface area contributed by atoms with Gasteiger partial charge in [-0.2, -0.15) is 4.31 Å². The van der Waals surface area contributed by atoms with Crippen LogP contribution in [0.2, 0.25) is 0 Å². The molecule has 11 heteroatoms. The van der Waals surface area contributed by atoms with E-state index >= 15 is 0 Å². The first-order valence-corrected chi connectivity index (χ1v) is 13.7. The van der Waals surface area contributed by atoms with Crippen molar-refractivity contribution in [2.24, 2.45) is 11.8 Å². The first-order valence-electron chi connectivity index (χ1n) is 15.3. The zero-order valence-electron chi connectivity index (χ0n) is 27.2. The van der Waals surface area contributed by atoms with Gasteiger partial charge in [-0.15, -0.1) is 0 Å². The number of carbonyl (C=O) groups is 1. The number of fused-ring (bicyclic) bond motifs is 1. The van der Waals surface area contributed by atoms with Crippen LogP contribution in [0.4, 0.5) is 10.5 Å². The molecule has 4 N–H and O–H groups in total. The van der Waals surface area contributed by atoms with Crippen LogP contribution < -0.4 is 11.1 Å². The number of nitrogen functional groups attached to an aromatic ring is 1. The second-order valence-corrected chi connectivity index (χ2v) is 11.5. The first kappa shape index (κ1) is 21.2. The molecule has 0 aliphatic carbocycles. The van der Waals surface area contributed by atoms with E-state index < -0.39 is 72.6 Å². The number of amides is 1. The minimum atomic E-state index is -4.11. The Hall–Kier alpha value is -2.70. The van der Waals surface area contributed by atoms with Gasteiger partial charge in [0.15, 0.2) is 6.27 Å². The number of rotatable bonds is 11. The van der Waals surface area contributed by atoms with Gasteiger partial charge in [0.25, 0.3) is 0 Å². The van der Waals surface area contributed by atoms with Crippen LogP contribution in [-0.4, -0.2) is 74.6 Å². The molecule has 0 radical (unpaired) electrons. The summed E-state index contributed by atoms with van der Waals surface area (Å²) >= 11 is 0. The molecule has 208 valence electrons. The van der Waals surface area contributed by atoms with Crippen LogP contribution in [0.15, 0.2) is 59.5 Å². The Morgan fingerprint density at radius 3 is 2.61 bits per heavy atom. The smallest absolute Gasteiger partial charge is 0.407 e. The summed E-state index contributed by atoms with van der Waals surface area (Å²) < 4.78 is 92.2. The third kappa shape index (κ3) is 7.03. The summed E-state index contributed by atoms with van der Waals surface area (Å²) in [6.07, 6.45) is -9.04. The van der Waals surface area contributed by atoms with Gasteiger partial charge in [0, 0.05) is 18.8 Å². The Morgan fingerprint density at radius 1 is 1.21 bits per heavy atom. The molecule has 2 saturated heterocycles. The highest BCUT2D eigenvalue weighted by Gasteiger charge is 2.44. The van der Waals surface area contributed by atoms with Crippen LogP contribution in [0, 0.1) is 11.8 Å². The molecule has 0 aromatic heterocycles. The van der Waals surface area contributed by atoms with Crippen molar-refractivity contribution in [3.63, 3.8) is 0 Å². The molecule has 10 nitrogen and oxygen atoms in total. The fraction of sp³-hybridized carbons (Fsp3) is 0.519. The third-order valence-electron chi connectivity index (χ3n) is 6.06. The molecule has 2 aliphatic heterocycles. The fourth-order valence-corrected chi connectivity index (χ4v) is 5.76. The average Bonchev–Trinajstić information content (AvgIpc) is 3.22. The van der Waals surface area contributed by atoms with Crippen LogP contribution in [0.3, 0.4) is 0 Å². The predicted molar refractivity (Wildman–Crippen MR) is 142 cm³/mol. The van der Waals surface area contributed by atoms with E-state index in [9.17, 15) is 18.3 Å². The van der Waals surface area contributed by atoms with Crippen molar-refractivity contribution in [2.45, 2.75) is 56.1 Å². The van der Waals surface area contributed by atoms with E-state index in [1.807, 2.05) is 13.8 Å². The highest BCUT2D eigenvalue weighted by atomic mass is 32.2. The second-order valence-electron chi connectivity index (χ2n) is 9.57. The lowest BCUT2D eigenvalue weighted by Gasteiger charge is -2.31. The van der Waals surface area contributed by atoms with Gasteiger partial charge in [-0.1, -0.05) is 44.2 Å². The van der Waals surface area contributed by atoms with E-state index in [1.54, 1.807) is 30.3 Å². The number of ether oxygens (including phenoxy) is 3. The molecule has 1 amide bonds. The number of hydrogen-bond donors (Lipinski definition) is 3. The summed E-state index contributed by atoms with van der Waals surface area (Å²) in [5.41, 5.74) is 6.76. The van der Waals surface area contributed by atoms with Crippen LogP contribution in [0.25, 0.3) is 0 Å². The van der Waals surface area contributed by atoms with Gasteiger partial charge in [-0.3, -0.25) is 0 Å². The Bertz CT molecular complexity index is 1440. The molecule has 2 aromatic rings. The highest BCUT2D eigenvalue weighted by molar-refractivity contribution is 7.89. The Labute approximate surface area is 232 Å². The van der Waals surface area contributed by atoms with Gasteiger partial charge in [-0.05, 0) is 48.6 Å². The average molecular weight is 554 g/mol. The number of nitrogens with zero attached hydrogens (tertiary/aromatic N) is 1. The van der Waals surface area contributed by atoms with Crippen LogP contribution >= 0.6 is 0 Å². The Kier molecular flexibility index (Phi) is 6.93. The van der Waals surface area contributed by atoms with Crippen molar-refractivity contribution >= 4 is 21.8 Å². The quantitative estimate of drug-likeness (QED) is 0.360. The molecule has 2 aromatic carbocycles. The molecule has 0 saturated carbocycles. The summed E-state index contributed by atoms with van der Waals surface area (Å²) in [5.74, 6) is -1.79. The minimum absolute atomic E-state index is 0.000406. The molecule has 2 aliphatic rings. The lowest BCUT2D eigenvalue weighted by Crippen LogP contribution is -2.51. The van der Waals surface area contributed by atoms with Gasteiger partial charge in [0.05, 0.1) is 44.3 Å². The number of nitrogens with two attached hydrogens (primary N) is 1. The SMILES string of the molecule is [2H]C1([2H])C[C@@H]2[C@]([2H])(O1)OC([2H])([2H])[C@]2([2H])OC(=O)N[C@@H](Cc1ccccc1)[C@H](O)CN(CC(C)C)S(=O)(=O)c1ccc(N)cc1. The van der Waals surface area contributed by atoms with Crippen LogP contribution in [0.5, 0.6) is 0 Å². The van der Waals surface area contributed by atoms with Crippen molar-refractivity contribution in [1.29, 1.82) is 0 Å². The Morgan fingerprint density at radius 2 is 1.92 bits per heavy atom. The van der Waals surface area contributed by atoms with Gasteiger partial charge in [0.2, 0.25) is 10.0 Å². The van der Waals surface area contributed by atoms with Gasteiger partial charge >= 0.3 is 6.09 Å². The monoisotopic (exact) mass is 553 g/mol. The number of carbonyl (C=O) groups excluding carboxylic acids is 1. The molecule has 0 spiro atoms. The lowest BCUT2D eigenvalue weighted by molar-refractivity contribution is -0.0907. The van der Waals surface area contributed by atoms with Crippen molar-refractivity contribution in [2.75, 3.05) is 31.9 Å². The molecule has 2 fully saturated rings.